The van der Waals surface area contributed by atoms with Crippen LogP contribution in [-0.2, 0) is 10.0 Å². The van der Waals surface area contributed by atoms with E-state index < -0.39 is 14.9 Å². The van der Waals surface area contributed by atoms with Crippen molar-refractivity contribution in [3.05, 3.63) is 68.7 Å². The van der Waals surface area contributed by atoms with Crippen LogP contribution in [0, 0.1) is 10.1 Å². The number of nitro benzene ring substituents is 1. The first-order valence-corrected chi connectivity index (χ1v) is 9.13. The molecule has 0 aliphatic carbocycles. The van der Waals surface area contributed by atoms with Crippen molar-refractivity contribution in [2.75, 3.05) is 0 Å². The molecule has 0 radical (unpaired) electrons. The van der Waals surface area contributed by atoms with Crippen LogP contribution >= 0.6 is 15.9 Å². The topological polar surface area (TPSA) is 89.3 Å². The molecule has 0 saturated heterocycles. The Balaban J connectivity index is 2.24. The zero-order valence-corrected chi connectivity index (χ0v) is 14.7. The number of hydrogen-bond donors (Lipinski definition) is 1. The maximum Gasteiger partial charge on any atom is 0.269 e. The molecule has 0 bridgehead atoms. The first-order valence-electron chi connectivity index (χ1n) is 6.85. The lowest BCUT2D eigenvalue weighted by Crippen LogP contribution is -2.28. The van der Waals surface area contributed by atoms with Gasteiger partial charge in [-0.25, -0.2) is 13.1 Å². The van der Waals surface area contributed by atoms with Crippen LogP contribution in [-0.4, -0.2) is 13.3 Å². The molecule has 0 heterocycles. The second-order valence-electron chi connectivity index (χ2n) is 4.88. The summed E-state index contributed by atoms with van der Waals surface area (Å²) in [6, 6.07) is 11.8. The second kappa shape index (κ2) is 7.20. The summed E-state index contributed by atoms with van der Waals surface area (Å²) in [5, 5.41) is 10.6. The zero-order chi connectivity index (χ0) is 17.0. The summed E-state index contributed by atoms with van der Waals surface area (Å²) < 4.78 is 28.4. The van der Waals surface area contributed by atoms with Crippen molar-refractivity contribution >= 4 is 31.6 Å². The monoisotopic (exact) mass is 398 g/mol. The largest absolute Gasteiger partial charge is 0.269 e. The molecule has 1 N–H and O–H groups in total. The van der Waals surface area contributed by atoms with E-state index in [4.69, 9.17) is 0 Å². The lowest BCUT2D eigenvalue weighted by Gasteiger charge is -2.17. The van der Waals surface area contributed by atoms with Gasteiger partial charge < -0.3 is 0 Å². The molecule has 0 amide bonds. The molecule has 2 aromatic carbocycles. The molecule has 0 unspecified atom stereocenters. The van der Waals surface area contributed by atoms with E-state index in [-0.39, 0.29) is 16.6 Å². The van der Waals surface area contributed by atoms with Gasteiger partial charge in [-0.05, 0) is 36.2 Å². The molecule has 0 aromatic heterocycles. The number of halogens is 1. The van der Waals surface area contributed by atoms with Crippen molar-refractivity contribution in [3.8, 4) is 0 Å². The Morgan fingerprint density at radius 2 is 1.70 bits per heavy atom. The fraction of sp³-hybridized carbons (Fsp3) is 0.200. The Kier molecular flexibility index (Phi) is 5.51. The summed E-state index contributed by atoms with van der Waals surface area (Å²) in [5.74, 6) is 0. The third kappa shape index (κ3) is 4.37. The molecule has 6 nitrogen and oxygen atoms in total. The number of nitrogens with zero attached hydrogens (tertiary/aromatic N) is 1. The maximum atomic E-state index is 12.4. The van der Waals surface area contributed by atoms with Crippen LogP contribution in [0.3, 0.4) is 0 Å². The number of benzene rings is 2. The highest BCUT2D eigenvalue weighted by Crippen LogP contribution is 2.23. The number of non-ortho nitro benzene ring substituents is 1. The first kappa shape index (κ1) is 17.6. The van der Waals surface area contributed by atoms with Crippen molar-refractivity contribution in [1.82, 2.24) is 4.72 Å². The zero-order valence-electron chi connectivity index (χ0n) is 12.3. The van der Waals surface area contributed by atoms with Gasteiger partial charge in [0.2, 0.25) is 10.0 Å². The SMILES string of the molecule is CC[C@@H](NS(=O)(=O)c1ccc([N+](=O)[O-])cc1)c1ccc(Br)cc1. The highest BCUT2D eigenvalue weighted by Gasteiger charge is 2.21. The van der Waals surface area contributed by atoms with Gasteiger partial charge in [0.1, 0.15) is 0 Å². The summed E-state index contributed by atoms with van der Waals surface area (Å²) in [6.45, 7) is 1.88. The summed E-state index contributed by atoms with van der Waals surface area (Å²) in [7, 11) is -3.76. The molecular formula is C15H15BrN2O4S. The molecule has 2 rings (SSSR count). The molecule has 0 saturated carbocycles. The van der Waals surface area contributed by atoms with Crippen LogP contribution < -0.4 is 4.72 Å². The fourth-order valence-corrected chi connectivity index (χ4v) is 3.66. The minimum atomic E-state index is -3.76. The van der Waals surface area contributed by atoms with Crippen LogP contribution in [0.1, 0.15) is 24.9 Å². The first-order chi connectivity index (χ1) is 10.8. The molecule has 122 valence electrons. The van der Waals surface area contributed by atoms with Crippen LogP contribution in [0.4, 0.5) is 5.69 Å². The Labute approximate surface area is 142 Å². The van der Waals surface area contributed by atoms with Crippen molar-refractivity contribution in [1.29, 1.82) is 0 Å². The molecule has 0 aliphatic rings. The molecule has 0 fully saturated rings. The maximum absolute atomic E-state index is 12.4. The van der Waals surface area contributed by atoms with Crippen molar-refractivity contribution in [2.45, 2.75) is 24.3 Å². The quantitative estimate of drug-likeness (QED) is 0.591. The number of hydrogen-bond acceptors (Lipinski definition) is 4. The lowest BCUT2D eigenvalue weighted by molar-refractivity contribution is -0.384. The van der Waals surface area contributed by atoms with Gasteiger partial charge >= 0.3 is 0 Å². The molecule has 2 aromatic rings. The molecule has 0 aliphatic heterocycles. The highest BCUT2D eigenvalue weighted by molar-refractivity contribution is 9.10. The van der Waals surface area contributed by atoms with E-state index in [0.717, 1.165) is 10.0 Å². The van der Waals surface area contributed by atoms with Gasteiger partial charge in [0, 0.05) is 22.6 Å². The second-order valence-corrected chi connectivity index (χ2v) is 7.51. The molecular weight excluding hydrogens is 384 g/mol. The number of nitrogens with one attached hydrogen (secondary N) is 1. The van der Waals surface area contributed by atoms with Crippen LogP contribution in [0.15, 0.2) is 57.9 Å². The lowest BCUT2D eigenvalue weighted by atomic mass is 10.1. The average molecular weight is 399 g/mol. The summed E-state index contributed by atoms with van der Waals surface area (Å²) in [4.78, 5) is 10.1. The van der Waals surface area contributed by atoms with E-state index >= 15 is 0 Å². The van der Waals surface area contributed by atoms with Crippen molar-refractivity contribution in [2.24, 2.45) is 0 Å². The van der Waals surface area contributed by atoms with Gasteiger partial charge in [0.05, 0.1) is 9.82 Å². The summed E-state index contributed by atoms with van der Waals surface area (Å²) >= 11 is 3.34. The Morgan fingerprint density at radius 1 is 1.13 bits per heavy atom. The Hall–Kier alpha value is -1.77. The average Bonchev–Trinajstić information content (AvgIpc) is 2.53. The van der Waals surface area contributed by atoms with Crippen LogP contribution in [0.2, 0.25) is 0 Å². The van der Waals surface area contributed by atoms with Gasteiger partial charge in [0.15, 0.2) is 0 Å². The number of sulfonamides is 1. The molecule has 23 heavy (non-hydrogen) atoms. The van der Waals surface area contributed by atoms with E-state index in [1.54, 1.807) is 0 Å². The summed E-state index contributed by atoms with van der Waals surface area (Å²) in [6.07, 6.45) is 0.577. The highest BCUT2D eigenvalue weighted by atomic mass is 79.9. The molecule has 1 atom stereocenters. The summed E-state index contributed by atoms with van der Waals surface area (Å²) in [5.41, 5.74) is 0.699. The van der Waals surface area contributed by atoms with Crippen LogP contribution in [0.5, 0.6) is 0 Å². The predicted molar refractivity (Wildman–Crippen MR) is 90.6 cm³/mol. The Bertz CT molecular complexity index is 789. The standard InChI is InChI=1S/C15H15BrN2O4S/c1-2-15(11-3-5-12(16)6-4-11)17-23(21,22)14-9-7-13(8-10-14)18(19)20/h3-10,15,17H,2H2,1H3/t15-/m1/s1. The number of nitro groups is 1. The van der Waals surface area contributed by atoms with Crippen LogP contribution in [0.25, 0.3) is 0 Å². The van der Waals surface area contributed by atoms with Gasteiger partial charge in [-0.1, -0.05) is 35.0 Å². The van der Waals surface area contributed by atoms with Gasteiger partial charge in [-0.15, -0.1) is 0 Å². The third-order valence-electron chi connectivity index (χ3n) is 3.34. The van der Waals surface area contributed by atoms with Gasteiger partial charge in [-0.2, -0.15) is 0 Å². The van der Waals surface area contributed by atoms with E-state index in [1.807, 2.05) is 31.2 Å². The number of rotatable bonds is 6. The van der Waals surface area contributed by atoms with E-state index in [9.17, 15) is 18.5 Å². The van der Waals surface area contributed by atoms with Gasteiger partial charge in [-0.3, -0.25) is 10.1 Å². The van der Waals surface area contributed by atoms with E-state index in [2.05, 4.69) is 20.7 Å². The Morgan fingerprint density at radius 3 is 2.17 bits per heavy atom. The minimum Gasteiger partial charge on any atom is -0.258 e. The van der Waals surface area contributed by atoms with Crippen molar-refractivity contribution < 1.29 is 13.3 Å². The smallest absolute Gasteiger partial charge is 0.258 e. The van der Waals surface area contributed by atoms with Crippen molar-refractivity contribution in [3.63, 3.8) is 0 Å². The normalized spacial score (nSPS) is 12.8. The van der Waals surface area contributed by atoms with E-state index in [1.165, 1.54) is 24.3 Å². The minimum absolute atomic E-state index is 0.00124. The van der Waals surface area contributed by atoms with E-state index in [0.29, 0.717) is 6.42 Å². The predicted octanol–water partition coefficient (Wildman–Crippen LogP) is 3.79. The molecule has 0 spiro atoms. The third-order valence-corrected chi connectivity index (χ3v) is 5.35. The molecule has 8 heteroatoms. The van der Waals surface area contributed by atoms with Gasteiger partial charge in [0.25, 0.3) is 5.69 Å². The fourth-order valence-electron chi connectivity index (χ4n) is 2.08.